The summed E-state index contributed by atoms with van der Waals surface area (Å²) in [5, 5.41) is 19.4. The fraction of sp³-hybridized carbons (Fsp3) is 0.647. The standard InChI is InChI=1S/C17H27FN2O3/c1-14(21)10-19-6-8-20(9-7-19)11-16(22)13-23-12-15-4-2-3-5-17(15)18/h2-5,14,16,21-22H,6-13H2,1H3. The highest BCUT2D eigenvalue weighted by molar-refractivity contribution is 5.16. The Morgan fingerprint density at radius 1 is 1.09 bits per heavy atom. The topological polar surface area (TPSA) is 56.2 Å². The van der Waals surface area contributed by atoms with Gasteiger partial charge in [-0.25, -0.2) is 4.39 Å². The third-order valence-corrected chi connectivity index (χ3v) is 3.98. The van der Waals surface area contributed by atoms with Crippen molar-refractivity contribution in [3.63, 3.8) is 0 Å². The summed E-state index contributed by atoms with van der Waals surface area (Å²) in [5.41, 5.74) is 0.506. The highest BCUT2D eigenvalue weighted by atomic mass is 19.1. The van der Waals surface area contributed by atoms with Crippen LogP contribution in [-0.4, -0.2) is 78.1 Å². The molecule has 1 aromatic rings. The number of rotatable bonds is 8. The van der Waals surface area contributed by atoms with Crippen molar-refractivity contribution in [2.45, 2.75) is 25.7 Å². The van der Waals surface area contributed by atoms with Crippen molar-refractivity contribution >= 4 is 0 Å². The van der Waals surface area contributed by atoms with Crippen LogP contribution >= 0.6 is 0 Å². The van der Waals surface area contributed by atoms with E-state index in [9.17, 15) is 14.6 Å². The van der Waals surface area contributed by atoms with Gasteiger partial charge in [0.1, 0.15) is 5.82 Å². The normalized spacial score (nSPS) is 19.7. The Morgan fingerprint density at radius 2 is 1.70 bits per heavy atom. The number of β-amino-alcohol motifs (C(OH)–C–C–N with tert-alkyl or cyclic N) is 2. The molecule has 1 fully saturated rings. The number of aliphatic hydroxyl groups excluding tert-OH is 2. The van der Waals surface area contributed by atoms with E-state index in [1.807, 2.05) is 0 Å². The molecule has 2 rings (SSSR count). The lowest BCUT2D eigenvalue weighted by Crippen LogP contribution is -2.50. The Balaban J connectivity index is 1.62. The van der Waals surface area contributed by atoms with E-state index in [0.717, 1.165) is 26.2 Å². The Labute approximate surface area is 137 Å². The van der Waals surface area contributed by atoms with Crippen LogP contribution in [0.15, 0.2) is 24.3 Å². The highest BCUT2D eigenvalue weighted by Crippen LogP contribution is 2.08. The SMILES string of the molecule is CC(O)CN1CCN(CC(O)COCc2ccccc2F)CC1. The minimum Gasteiger partial charge on any atom is -0.392 e. The van der Waals surface area contributed by atoms with Crippen LogP contribution in [0.4, 0.5) is 4.39 Å². The van der Waals surface area contributed by atoms with Gasteiger partial charge in [0.2, 0.25) is 0 Å². The second-order valence-electron chi connectivity index (χ2n) is 6.21. The Hall–Kier alpha value is -1.05. The quantitative estimate of drug-likeness (QED) is 0.737. The molecule has 0 saturated carbocycles. The fourth-order valence-electron chi connectivity index (χ4n) is 2.80. The molecule has 1 aromatic carbocycles. The summed E-state index contributed by atoms with van der Waals surface area (Å²) < 4.78 is 18.9. The molecule has 1 heterocycles. The van der Waals surface area contributed by atoms with Crippen LogP contribution in [0.2, 0.25) is 0 Å². The molecule has 1 aliphatic rings. The molecule has 5 nitrogen and oxygen atoms in total. The minimum atomic E-state index is -0.579. The molecule has 0 spiro atoms. The maximum Gasteiger partial charge on any atom is 0.128 e. The number of halogens is 1. The first-order valence-corrected chi connectivity index (χ1v) is 8.16. The van der Waals surface area contributed by atoms with Crippen molar-refractivity contribution in [1.29, 1.82) is 0 Å². The van der Waals surface area contributed by atoms with E-state index in [4.69, 9.17) is 4.74 Å². The molecule has 0 radical (unpaired) electrons. The molecule has 0 amide bonds. The molecule has 23 heavy (non-hydrogen) atoms. The van der Waals surface area contributed by atoms with Gasteiger partial charge >= 0.3 is 0 Å². The zero-order valence-corrected chi connectivity index (χ0v) is 13.7. The smallest absolute Gasteiger partial charge is 0.128 e. The lowest BCUT2D eigenvalue weighted by molar-refractivity contribution is -0.00198. The molecule has 0 aliphatic carbocycles. The molecule has 1 saturated heterocycles. The summed E-state index contributed by atoms with van der Waals surface area (Å²) in [6.45, 7) is 6.95. The summed E-state index contributed by atoms with van der Waals surface area (Å²) in [5.74, 6) is -0.281. The minimum absolute atomic E-state index is 0.173. The number of ether oxygens (including phenoxy) is 1. The summed E-state index contributed by atoms with van der Waals surface area (Å²) in [4.78, 5) is 4.41. The van der Waals surface area contributed by atoms with Crippen LogP contribution in [0.25, 0.3) is 0 Å². The van der Waals surface area contributed by atoms with E-state index in [0.29, 0.717) is 18.7 Å². The lowest BCUT2D eigenvalue weighted by Gasteiger charge is -2.36. The molecule has 0 bridgehead atoms. The van der Waals surface area contributed by atoms with Crippen molar-refractivity contribution in [3.05, 3.63) is 35.6 Å². The van der Waals surface area contributed by atoms with Gasteiger partial charge in [0.25, 0.3) is 0 Å². The van der Waals surface area contributed by atoms with Crippen molar-refractivity contribution in [1.82, 2.24) is 9.80 Å². The Morgan fingerprint density at radius 3 is 2.30 bits per heavy atom. The van der Waals surface area contributed by atoms with Crippen molar-refractivity contribution < 1.29 is 19.3 Å². The number of benzene rings is 1. The van der Waals surface area contributed by atoms with Crippen molar-refractivity contribution in [2.75, 3.05) is 45.9 Å². The third-order valence-electron chi connectivity index (χ3n) is 3.98. The van der Waals surface area contributed by atoms with Gasteiger partial charge in [-0.1, -0.05) is 18.2 Å². The summed E-state index contributed by atoms with van der Waals surface area (Å²) in [6, 6.07) is 6.50. The maximum absolute atomic E-state index is 13.4. The third kappa shape index (κ3) is 6.53. The monoisotopic (exact) mass is 326 g/mol. The lowest BCUT2D eigenvalue weighted by atomic mass is 10.2. The van der Waals surface area contributed by atoms with Crippen LogP contribution in [0.3, 0.4) is 0 Å². The van der Waals surface area contributed by atoms with Crippen LogP contribution in [0, 0.1) is 5.82 Å². The molecular formula is C17H27FN2O3. The highest BCUT2D eigenvalue weighted by Gasteiger charge is 2.20. The second-order valence-corrected chi connectivity index (χ2v) is 6.21. The number of piperazine rings is 1. The van der Waals surface area contributed by atoms with Crippen molar-refractivity contribution in [2.24, 2.45) is 0 Å². The van der Waals surface area contributed by atoms with E-state index in [1.165, 1.54) is 6.07 Å². The van der Waals surface area contributed by atoms with Crippen LogP contribution in [0.1, 0.15) is 12.5 Å². The van der Waals surface area contributed by atoms with E-state index >= 15 is 0 Å². The summed E-state index contributed by atoms with van der Waals surface area (Å²) >= 11 is 0. The first kappa shape index (κ1) is 18.3. The van der Waals surface area contributed by atoms with Gasteiger partial charge < -0.3 is 14.9 Å². The predicted molar refractivity (Wildman–Crippen MR) is 86.6 cm³/mol. The number of nitrogens with zero attached hydrogens (tertiary/aromatic N) is 2. The summed E-state index contributed by atoms with van der Waals surface area (Å²) in [7, 11) is 0. The fourth-order valence-corrected chi connectivity index (χ4v) is 2.80. The average Bonchev–Trinajstić information content (AvgIpc) is 2.51. The molecule has 0 aromatic heterocycles. The number of aliphatic hydroxyl groups is 2. The Kier molecular flexibility index (Phi) is 7.39. The van der Waals surface area contributed by atoms with Gasteiger partial charge in [0.05, 0.1) is 25.4 Å². The molecule has 1 aliphatic heterocycles. The molecule has 2 atom stereocenters. The first-order valence-electron chi connectivity index (χ1n) is 8.16. The van der Waals surface area contributed by atoms with Gasteiger partial charge in [-0.3, -0.25) is 9.80 Å². The zero-order valence-electron chi connectivity index (χ0n) is 13.7. The van der Waals surface area contributed by atoms with Gasteiger partial charge in [-0.2, -0.15) is 0 Å². The largest absolute Gasteiger partial charge is 0.392 e. The van der Waals surface area contributed by atoms with E-state index in [2.05, 4.69) is 9.80 Å². The Bertz CT molecular complexity index is 465. The zero-order chi connectivity index (χ0) is 16.7. The molecule has 2 unspecified atom stereocenters. The second kappa shape index (κ2) is 9.30. The van der Waals surface area contributed by atoms with E-state index in [-0.39, 0.29) is 25.1 Å². The average molecular weight is 326 g/mol. The van der Waals surface area contributed by atoms with Gasteiger partial charge in [-0.15, -0.1) is 0 Å². The number of hydrogen-bond acceptors (Lipinski definition) is 5. The summed E-state index contributed by atoms with van der Waals surface area (Å²) in [6.07, 6.45) is -0.885. The van der Waals surface area contributed by atoms with Gasteiger partial charge in [0.15, 0.2) is 0 Å². The first-order chi connectivity index (χ1) is 11.0. The van der Waals surface area contributed by atoms with E-state index < -0.39 is 6.10 Å². The van der Waals surface area contributed by atoms with Gasteiger partial charge in [0, 0.05) is 44.8 Å². The maximum atomic E-state index is 13.4. The van der Waals surface area contributed by atoms with Crippen LogP contribution in [0.5, 0.6) is 0 Å². The molecule has 130 valence electrons. The van der Waals surface area contributed by atoms with Crippen LogP contribution < -0.4 is 0 Å². The van der Waals surface area contributed by atoms with Gasteiger partial charge in [-0.05, 0) is 13.0 Å². The number of hydrogen-bond donors (Lipinski definition) is 2. The van der Waals surface area contributed by atoms with E-state index in [1.54, 1.807) is 25.1 Å². The van der Waals surface area contributed by atoms with Crippen LogP contribution in [-0.2, 0) is 11.3 Å². The molecule has 6 heteroatoms. The molecule has 2 N–H and O–H groups in total. The molecular weight excluding hydrogens is 299 g/mol. The predicted octanol–water partition coefficient (Wildman–Crippen LogP) is 0.702. The van der Waals surface area contributed by atoms with Crippen molar-refractivity contribution in [3.8, 4) is 0 Å².